The van der Waals surface area contributed by atoms with Crippen molar-refractivity contribution >= 4 is 5.84 Å². The molecule has 6 heteroatoms. The largest absolute Gasteiger partial charge is 0.409 e. The van der Waals surface area contributed by atoms with Crippen LogP contribution in [0.4, 0.5) is 4.39 Å². The Morgan fingerprint density at radius 2 is 2.17 bits per heavy atom. The van der Waals surface area contributed by atoms with E-state index < -0.39 is 11.9 Å². The molecule has 0 radical (unpaired) electrons. The fourth-order valence-electron chi connectivity index (χ4n) is 1.77. The summed E-state index contributed by atoms with van der Waals surface area (Å²) in [6.45, 7) is 2.63. The SMILES string of the molecule is CC(O)CN(C)Cc1cc(F)cc(/C(N)=N/O)c1. The molecule has 0 saturated carbocycles. The number of halogens is 1. The van der Waals surface area contributed by atoms with Crippen LogP contribution in [0.25, 0.3) is 0 Å². The second-order valence-corrected chi connectivity index (χ2v) is 4.38. The molecule has 5 nitrogen and oxygen atoms in total. The number of likely N-dealkylation sites (N-methyl/N-ethyl adjacent to an activating group) is 1. The minimum atomic E-state index is -0.452. The number of rotatable bonds is 5. The van der Waals surface area contributed by atoms with Crippen LogP contribution in [0.5, 0.6) is 0 Å². The average Bonchev–Trinajstić information content (AvgIpc) is 2.25. The van der Waals surface area contributed by atoms with Gasteiger partial charge in [0.25, 0.3) is 0 Å². The predicted octanol–water partition coefficient (Wildman–Crippen LogP) is 0.733. The zero-order chi connectivity index (χ0) is 13.7. The molecule has 1 aromatic rings. The quantitative estimate of drug-likeness (QED) is 0.313. The first-order chi connectivity index (χ1) is 8.42. The average molecular weight is 255 g/mol. The highest BCUT2D eigenvalue weighted by Gasteiger charge is 2.08. The second kappa shape index (κ2) is 6.32. The van der Waals surface area contributed by atoms with Gasteiger partial charge < -0.3 is 16.0 Å². The Hall–Kier alpha value is -1.66. The molecule has 4 N–H and O–H groups in total. The third kappa shape index (κ3) is 4.31. The van der Waals surface area contributed by atoms with Gasteiger partial charge in [-0.05, 0) is 37.7 Å². The minimum Gasteiger partial charge on any atom is -0.409 e. The molecule has 0 bridgehead atoms. The Bertz CT molecular complexity index is 435. The van der Waals surface area contributed by atoms with Gasteiger partial charge in [-0.15, -0.1) is 0 Å². The Morgan fingerprint density at radius 1 is 1.50 bits per heavy atom. The minimum absolute atomic E-state index is 0.131. The van der Waals surface area contributed by atoms with Crippen molar-refractivity contribution < 1.29 is 14.7 Å². The van der Waals surface area contributed by atoms with Crippen LogP contribution in [0.3, 0.4) is 0 Å². The smallest absolute Gasteiger partial charge is 0.170 e. The molecule has 0 aromatic heterocycles. The van der Waals surface area contributed by atoms with Crippen molar-refractivity contribution in [2.75, 3.05) is 13.6 Å². The maximum Gasteiger partial charge on any atom is 0.170 e. The standard InChI is InChI=1S/C12H18FN3O2/c1-8(17)6-16(2)7-9-3-10(12(14)15-18)5-11(13)4-9/h3-5,8,17-18H,6-7H2,1-2H3,(H2,14,15). The van der Waals surface area contributed by atoms with Crippen LogP contribution in [0, 0.1) is 5.82 Å². The summed E-state index contributed by atoms with van der Waals surface area (Å²) in [6, 6.07) is 4.23. The summed E-state index contributed by atoms with van der Waals surface area (Å²) in [4.78, 5) is 1.86. The zero-order valence-corrected chi connectivity index (χ0v) is 10.5. The van der Waals surface area contributed by atoms with Crippen molar-refractivity contribution in [3.8, 4) is 0 Å². The molecule has 0 aliphatic rings. The Balaban J connectivity index is 2.86. The summed E-state index contributed by atoms with van der Waals surface area (Å²) in [5.74, 6) is -0.575. The summed E-state index contributed by atoms with van der Waals surface area (Å²) in [6.07, 6.45) is -0.452. The van der Waals surface area contributed by atoms with Crippen molar-refractivity contribution in [3.05, 3.63) is 35.1 Å². The highest BCUT2D eigenvalue weighted by atomic mass is 19.1. The Kier molecular flexibility index (Phi) is 5.06. The summed E-state index contributed by atoms with van der Waals surface area (Å²) in [7, 11) is 1.82. The fraction of sp³-hybridized carbons (Fsp3) is 0.417. The molecule has 1 rings (SSSR count). The van der Waals surface area contributed by atoms with E-state index in [4.69, 9.17) is 10.9 Å². The molecule has 0 amide bonds. The van der Waals surface area contributed by atoms with E-state index in [9.17, 15) is 9.50 Å². The lowest BCUT2D eigenvalue weighted by atomic mass is 10.1. The molecule has 1 atom stereocenters. The van der Waals surface area contributed by atoms with Gasteiger partial charge >= 0.3 is 0 Å². The van der Waals surface area contributed by atoms with E-state index >= 15 is 0 Å². The van der Waals surface area contributed by atoms with Gasteiger partial charge in [-0.2, -0.15) is 0 Å². The van der Waals surface area contributed by atoms with Gasteiger partial charge in [0.15, 0.2) is 5.84 Å². The molecule has 100 valence electrons. The van der Waals surface area contributed by atoms with Crippen LogP contribution < -0.4 is 5.73 Å². The summed E-state index contributed by atoms with van der Waals surface area (Å²) in [5.41, 5.74) is 6.45. The number of benzene rings is 1. The number of nitrogens with two attached hydrogens (primary N) is 1. The highest BCUT2D eigenvalue weighted by molar-refractivity contribution is 5.97. The van der Waals surface area contributed by atoms with Gasteiger partial charge in [0.1, 0.15) is 5.82 Å². The molecule has 18 heavy (non-hydrogen) atoms. The lowest BCUT2D eigenvalue weighted by Gasteiger charge is -2.18. The second-order valence-electron chi connectivity index (χ2n) is 4.38. The van der Waals surface area contributed by atoms with Gasteiger partial charge in [-0.25, -0.2) is 4.39 Å². The highest BCUT2D eigenvalue weighted by Crippen LogP contribution is 2.11. The Morgan fingerprint density at radius 3 is 2.72 bits per heavy atom. The van der Waals surface area contributed by atoms with E-state index in [1.807, 2.05) is 11.9 Å². The van der Waals surface area contributed by atoms with Crippen LogP contribution in [0.2, 0.25) is 0 Å². The van der Waals surface area contributed by atoms with E-state index in [-0.39, 0.29) is 5.84 Å². The summed E-state index contributed by atoms with van der Waals surface area (Å²) < 4.78 is 13.4. The van der Waals surface area contributed by atoms with Crippen LogP contribution in [-0.2, 0) is 6.54 Å². The van der Waals surface area contributed by atoms with E-state index in [0.29, 0.717) is 24.2 Å². The van der Waals surface area contributed by atoms with Gasteiger partial charge in [0.05, 0.1) is 6.10 Å². The van der Waals surface area contributed by atoms with Gasteiger partial charge in [0, 0.05) is 18.7 Å². The fourth-order valence-corrected chi connectivity index (χ4v) is 1.77. The molecule has 1 aromatic carbocycles. The molecule has 0 aliphatic carbocycles. The van der Waals surface area contributed by atoms with E-state index in [1.165, 1.54) is 12.1 Å². The normalized spacial score (nSPS) is 13.9. The van der Waals surface area contributed by atoms with E-state index in [0.717, 1.165) is 0 Å². The maximum atomic E-state index is 13.4. The van der Waals surface area contributed by atoms with Gasteiger partial charge in [0.2, 0.25) is 0 Å². The molecular formula is C12H18FN3O2. The third-order valence-electron chi connectivity index (χ3n) is 2.39. The first-order valence-corrected chi connectivity index (χ1v) is 5.56. The predicted molar refractivity (Wildman–Crippen MR) is 66.9 cm³/mol. The van der Waals surface area contributed by atoms with Gasteiger partial charge in [-0.1, -0.05) is 5.16 Å². The van der Waals surface area contributed by atoms with Crippen LogP contribution >= 0.6 is 0 Å². The topological polar surface area (TPSA) is 82.1 Å². The van der Waals surface area contributed by atoms with Crippen molar-refractivity contribution in [1.29, 1.82) is 0 Å². The van der Waals surface area contributed by atoms with Crippen LogP contribution in [0.15, 0.2) is 23.4 Å². The van der Waals surface area contributed by atoms with E-state index in [2.05, 4.69) is 5.16 Å². The maximum absolute atomic E-state index is 13.4. The number of amidine groups is 1. The number of oxime groups is 1. The first-order valence-electron chi connectivity index (χ1n) is 5.56. The van der Waals surface area contributed by atoms with Crippen molar-refractivity contribution in [3.63, 3.8) is 0 Å². The van der Waals surface area contributed by atoms with Crippen LogP contribution in [0.1, 0.15) is 18.1 Å². The first kappa shape index (κ1) is 14.4. The third-order valence-corrected chi connectivity index (χ3v) is 2.39. The lowest BCUT2D eigenvalue weighted by molar-refractivity contribution is 0.138. The number of hydrogen-bond donors (Lipinski definition) is 3. The molecule has 0 spiro atoms. The van der Waals surface area contributed by atoms with Crippen molar-refractivity contribution in [2.45, 2.75) is 19.6 Å². The molecule has 0 aliphatic heterocycles. The zero-order valence-electron chi connectivity index (χ0n) is 10.5. The van der Waals surface area contributed by atoms with Gasteiger partial charge in [-0.3, -0.25) is 4.90 Å². The summed E-state index contributed by atoms with van der Waals surface area (Å²) in [5, 5.41) is 20.7. The Labute approximate surface area is 105 Å². The van der Waals surface area contributed by atoms with Crippen molar-refractivity contribution in [2.24, 2.45) is 10.9 Å². The molecular weight excluding hydrogens is 237 g/mol. The number of nitrogens with zero attached hydrogens (tertiary/aromatic N) is 2. The summed E-state index contributed by atoms with van der Waals surface area (Å²) >= 11 is 0. The monoisotopic (exact) mass is 255 g/mol. The lowest BCUT2D eigenvalue weighted by Crippen LogP contribution is -2.27. The number of aliphatic hydroxyl groups is 1. The molecule has 1 unspecified atom stereocenters. The number of hydrogen-bond acceptors (Lipinski definition) is 4. The van der Waals surface area contributed by atoms with E-state index in [1.54, 1.807) is 13.0 Å². The molecule has 0 heterocycles. The number of aliphatic hydroxyl groups excluding tert-OH is 1. The molecule has 0 fully saturated rings. The van der Waals surface area contributed by atoms with Crippen LogP contribution in [-0.4, -0.2) is 40.7 Å². The van der Waals surface area contributed by atoms with Crippen molar-refractivity contribution in [1.82, 2.24) is 4.90 Å². The molecule has 0 saturated heterocycles.